The second-order valence-electron chi connectivity index (χ2n) is 6.69. The van der Waals surface area contributed by atoms with Crippen molar-refractivity contribution in [1.29, 1.82) is 0 Å². The highest BCUT2D eigenvalue weighted by Crippen LogP contribution is 2.13. The quantitative estimate of drug-likeness (QED) is 0.527. The van der Waals surface area contributed by atoms with Crippen LogP contribution in [0.15, 0.2) is 0 Å². The van der Waals surface area contributed by atoms with Gasteiger partial charge in [-0.25, -0.2) is 0 Å². The maximum Gasteiger partial charge on any atom is 0.0192 e. The standard InChI is InChI=1S/C18H38N2/c1-4-6-8-12-18(13-9-7-5-2)19-16-17(3)20-14-10-11-15-20/h17-19H,4-16H2,1-3H3. The molecule has 0 aromatic heterocycles. The first-order valence-corrected chi connectivity index (χ1v) is 9.25. The van der Waals surface area contributed by atoms with Crippen molar-refractivity contribution in [1.82, 2.24) is 10.2 Å². The van der Waals surface area contributed by atoms with Crippen molar-refractivity contribution >= 4 is 0 Å². The lowest BCUT2D eigenvalue weighted by Gasteiger charge is -2.27. The van der Waals surface area contributed by atoms with Crippen LogP contribution in [0.3, 0.4) is 0 Å². The molecule has 0 bridgehead atoms. The van der Waals surface area contributed by atoms with Gasteiger partial charge in [0.05, 0.1) is 0 Å². The van der Waals surface area contributed by atoms with E-state index in [2.05, 4.69) is 31.0 Å². The molecule has 0 aromatic carbocycles. The molecule has 1 rings (SSSR count). The van der Waals surface area contributed by atoms with E-state index in [1.165, 1.54) is 83.8 Å². The lowest BCUT2D eigenvalue weighted by atomic mass is 10.0. The fourth-order valence-corrected chi connectivity index (χ4v) is 3.28. The van der Waals surface area contributed by atoms with Gasteiger partial charge in [0.2, 0.25) is 0 Å². The van der Waals surface area contributed by atoms with Gasteiger partial charge in [-0.1, -0.05) is 52.4 Å². The number of nitrogens with zero attached hydrogens (tertiary/aromatic N) is 1. The summed E-state index contributed by atoms with van der Waals surface area (Å²) >= 11 is 0. The Morgan fingerprint density at radius 1 is 0.900 bits per heavy atom. The lowest BCUT2D eigenvalue weighted by Crippen LogP contribution is -2.42. The molecule has 0 radical (unpaired) electrons. The van der Waals surface area contributed by atoms with Gasteiger partial charge in [0.15, 0.2) is 0 Å². The van der Waals surface area contributed by atoms with Crippen molar-refractivity contribution < 1.29 is 0 Å². The molecule has 1 fully saturated rings. The Bertz CT molecular complexity index is 201. The van der Waals surface area contributed by atoms with Crippen molar-refractivity contribution in [3.8, 4) is 0 Å². The molecule has 0 aliphatic carbocycles. The average molecular weight is 283 g/mol. The molecule has 0 aromatic rings. The smallest absolute Gasteiger partial charge is 0.0192 e. The van der Waals surface area contributed by atoms with Gasteiger partial charge in [-0.05, 0) is 45.7 Å². The minimum atomic E-state index is 0.720. The minimum Gasteiger partial charge on any atom is -0.312 e. The summed E-state index contributed by atoms with van der Waals surface area (Å²) < 4.78 is 0. The summed E-state index contributed by atoms with van der Waals surface area (Å²) in [6.07, 6.45) is 13.8. The Balaban J connectivity index is 2.22. The first-order valence-electron chi connectivity index (χ1n) is 9.25. The van der Waals surface area contributed by atoms with Crippen molar-refractivity contribution in [2.45, 2.75) is 97.1 Å². The van der Waals surface area contributed by atoms with E-state index in [0.29, 0.717) is 0 Å². The average Bonchev–Trinajstić information content (AvgIpc) is 2.98. The molecule has 1 atom stereocenters. The normalized spacial score (nSPS) is 18.0. The van der Waals surface area contributed by atoms with E-state index in [4.69, 9.17) is 0 Å². The van der Waals surface area contributed by atoms with Crippen LogP contribution >= 0.6 is 0 Å². The van der Waals surface area contributed by atoms with Gasteiger partial charge in [-0.3, -0.25) is 4.90 Å². The summed E-state index contributed by atoms with van der Waals surface area (Å²) in [6.45, 7) is 10.8. The van der Waals surface area contributed by atoms with E-state index in [0.717, 1.165) is 12.1 Å². The molecule has 0 saturated carbocycles. The Morgan fingerprint density at radius 2 is 1.45 bits per heavy atom. The van der Waals surface area contributed by atoms with Crippen LogP contribution in [0.5, 0.6) is 0 Å². The largest absolute Gasteiger partial charge is 0.312 e. The van der Waals surface area contributed by atoms with E-state index >= 15 is 0 Å². The number of nitrogens with one attached hydrogen (secondary N) is 1. The van der Waals surface area contributed by atoms with Crippen LogP contribution in [0.1, 0.15) is 85.0 Å². The van der Waals surface area contributed by atoms with Gasteiger partial charge < -0.3 is 5.32 Å². The monoisotopic (exact) mass is 282 g/mol. The molecule has 1 heterocycles. The first kappa shape index (κ1) is 18.0. The first-order chi connectivity index (χ1) is 9.77. The zero-order valence-electron chi connectivity index (χ0n) is 14.3. The highest BCUT2D eigenvalue weighted by Gasteiger charge is 2.18. The van der Waals surface area contributed by atoms with Gasteiger partial charge in [0.25, 0.3) is 0 Å². The van der Waals surface area contributed by atoms with Crippen molar-refractivity contribution in [2.75, 3.05) is 19.6 Å². The molecule has 20 heavy (non-hydrogen) atoms. The van der Waals surface area contributed by atoms with Crippen LogP contribution in [0.25, 0.3) is 0 Å². The van der Waals surface area contributed by atoms with Crippen molar-refractivity contribution in [3.63, 3.8) is 0 Å². The topological polar surface area (TPSA) is 15.3 Å². The predicted molar refractivity (Wildman–Crippen MR) is 90.3 cm³/mol. The molecular weight excluding hydrogens is 244 g/mol. The zero-order chi connectivity index (χ0) is 14.6. The third-order valence-electron chi connectivity index (χ3n) is 4.78. The van der Waals surface area contributed by atoms with Crippen LogP contribution in [0.4, 0.5) is 0 Å². The fraction of sp³-hybridized carbons (Fsp3) is 1.00. The van der Waals surface area contributed by atoms with E-state index in [-0.39, 0.29) is 0 Å². The molecule has 0 amide bonds. The Labute approximate surface area is 127 Å². The highest BCUT2D eigenvalue weighted by molar-refractivity contribution is 4.77. The second kappa shape index (κ2) is 11.6. The predicted octanol–water partition coefficient (Wildman–Crippen LogP) is 4.59. The van der Waals surface area contributed by atoms with Crippen LogP contribution < -0.4 is 5.32 Å². The minimum absolute atomic E-state index is 0.720. The molecule has 2 nitrogen and oxygen atoms in total. The Hall–Kier alpha value is -0.0800. The SMILES string of the molecule is CCCCCC(CCCCC)NCC(C)N1CCCC1. The molecule has 1 aliphatic heterocycles. The molecule has 2 heteroatoms. The van der Waals surface area contributed by atoms with E-state index in [1.807, 2.05) is 0 Å². The number of hydrogen-bond acceptors (Lipinski definition) is 2. The van der Waals surface area contributed by atoms with Gasteiger partial charge >= 0.3 is 0 Å². The molecule has 1 saturated heterocycles. The molecule has 0 spiro atoms. The van der Waals surface area contributed by atoms with Crippen LogP contribution in [0, 0.1) is 0 Å². The van der Waals surface area contributed by atoms with Gasteiger partial charge in [-0.15, -0.1) is 0 Å². The third kappa shape index (κ3) is 7.64. The van der Waals surface area contributed by atoms with E-state index in [9.17, 15) is 0 Å². The molecular formula is C18H38N2. The van der Waals surface area contributed by atoms with Crippen LogP contribution in [0.2, 0.25) is 0 Å². The van der Waals surface area contributed by atoms with Gasteiger partial charge in [0.1, 0.15) is 0 Å². The summed E-state index contributed by atoms with van der Waals surface area (Å²) in [5.74, 6) is 0. The third-order valence-corrected chi connectivity index (χ3v) is 4.78. The van der Waals surface area contributed by atoms with Crippen molar-refractivity contribution in [3.05, 3.63) is 0 Å². The second-order valence-corrected chi connectivity index (χ2v) is 6.69. The van der Waals surface area contributed by atoms with E-state index in [1.54, 1.807) is 0 Å². The molecule has 1 N–H and O–H groups in total. The summed E-state index contributed by atoms with van der Waals surface area (Å²) in [4.78, 5) is 2.65. The number of likely N-dealkylation sites (tertiary alicyclic amines) is 1. The number of unbranched alkanes of at least 4 members (excludes halogenated alkanes) is 4. The zero-order valence-corrected chi connectivity index (χ0v) is 14.3. The maximum atomic E-state index is 3.87. The summed E-state index contributed by atoms with van der Waals surface area (Å²) in [5.41, 5.74) is 0. The number of hydrogen-bond donors (Lipinski definition) is 1. The molecule has 1 unspecified atom stereocenters. The Kier molecular flexibility index (Phi) is 10.4. The highest BCUT2D eigenvalue weighted by atomic mass is 15.2. The summed E-state index contributed by atoms with van der Waals surface area (Å²) in [5, 5.41) is 3.87. The maximum absolute atomic E-state index is 3.87. The fourth-order valence-electron chi connectivity index (χ4n) is 3.28. The molecule has 1 aliphatic rings. The van der Waals surface area contributed by atoms with Gasteiger partial charge in [0, 0.05) is 18.6 Å². The van der Waals surface area contributed by atoms with Crippen LogP contribution in [-0.4, -0.2) is 36.6 Å². The summed E-state index contributed by atoms with van der Waals surface area (Å²) in [7, 11) is 0. The van der Waals surface area contributed by atoms with E-state index < -0.39 is 0 Å². The van der Waals surface area contributed by atoms with Gasteiger partial charge in [-0.2, -0.15) is 0 Å². The Morgan fingerprint density at radius 3 is 1.95 bits per heavy atom. The van der Waals surface area contributed by atoms with Crippen LogP contribution in [-0.2, 0) is 0 Å². The summed E-state index contributed by atoms with van der Waals surface area (Å²) in [6, 6.07) is 1.48. The van der Waals surface area contributed by atoms with Crippen molar-refractivity contribution in [2.24, 2.45) is 0 Å². The lowest BCUT2D eigenvalue weighted by molar-refractivity contribution is 0.241. The molecule has 120 valence electrons. The number of rotatable bonds is 12.